The van der Waals surface area contributed by atoms with Gasteiger partial charge in [-0.1, -0.05) is 35.6 Å². The summed E-state index contributed by atoms with van der Waals surface area (Å²) in [5.74, 6) is 0.411. The summed E-state index contributed by atoms with van der Waals surface area (Å²) in [4.78, 5) is 24.8. The van der Waals surface area contributed by atoms with Crippen LogP contribution in [0, 0.1) is 10.1 Å². The van der Waals surface area contributed by atoms with Gasteiger partial charge in [0.05, 0.1) is 22.6 Å². The standard InChI is InChI=1S/C19H13ClN2O4S2/c1-26-16-8-6-14(7-9-16)21-18(23)17(28-19(21)27)11-13(20)10-12-2-4-15(5-3-12)22(24)25/h2-11H,1H3/b13-10-,17-11-. The molecule has 1 aliphatic heterocycles. The summed E-state index contributed by atoms with van der Waals surface area (Å²) in [6.07, 6.45) is 3.15. The average molecular weight is 433 g/mol. The molecule has 1 heterocycles. The lowest BCUT2D eigenvalue weighted by molar-refractivity contribution is -0.384. The van der Waals surface area contributed by atoms with Gasteiger partial charge < -0.3 is 4.74 Å². The molecule has 0 saturated carbocycles. The topological polar surface area (TPSA) is 72.7 Å². The smallest absolute Gasteiger partial charge is 0.270 e. The molecule has 1 fully saturated rings. The van der Waals surface area contributed by atoms with Crippen molar-refractivity contribution in [1.82, 2.24) is 0 Å². The molecule has 6 nitrogen and oxygen atoms in total. The number of hydrogen-bond donors (Lipinski definition) is 0. The molecule has 0 atom stereocenters. The predicted molar refractivity (Wildman–Crippen MR) is 116 cm³/mol. The van der Waals surface area contributed by atoms with Crippen molar-refractivity contribution in [1.29, 1.82) is 0 Å². The monoisotopic (exact) mass is 432 g/mol. The fourth-order valence-electron chi connectivity index (χ4n) is 2.44. The lowest BCUT2D eigenvalue weighted by Gasteiger charge is -2.14. The van der Waals surface area contributed by atoms with E-state index >= 15 is 0 Å². The number of hydrogen-bond acceptors (Lipinski definition) is 6. The van der Waals surface area contributed by atoms with Crippen LogP contribution in [0.2, 0.25) is 0 Å². The maximum absolute atomic E-state index is 12.7. The van der Waals surface area contributed by atoms with Gasteiger partial charge in [0.1, 0.15) is 5.75 Å². The van der Waals surface area contributed by atoms with Crippen LogP contribution in [0.5, 0.6) is 5.75 Å². The Morgan fingerprint density at radius 2 is 1.86 bits per heavy atom. The van der Waals surface area contributed by atoms with Crippen LogP contribution >= 0.6 is 35.6 Å². The number of nitro benzene ring substituents is 1. The molecule has 1 aliphatic rings. The number of rotatable bonds is 5. The Labute approximate surface area is 175 Å². The van der Waals surface area contributed by atoms with Crippen molar-refractivity contribution < 1.29 is 14.5 Å². The predicted octanol–water partition coefficient (Wildman–Crippen LogP) is 5.13. The van der Waals surface area contributed by atoms with Crippen LogP contribution in [0.4, 0.5) is 11.4 Å². The van der Waals surface area contributed by atoms with Crippen LogP contribution < -0.4 is 9.64 Å². The van der Waals surface area contributed by atoms with E-state index in [1.54, 1.807) is 49.6 Å². The van der Waals surface area contributed by atoms with Crippen molar-refractivity contribution in [2.75, 3.05) is 12.0 Å². The van der Waals surface area contributed by atoms with E-state index in [1.807, 2.05) is 0 Å². The molecule has 0 bridgehead atoms. The molecule has 0 aromatic heterocycles. The molecule has 28 heavy (non-hydrogen) atoms. The van der Waals surface area contributed by atoms with Crippen molar-refractivity contribution in [2.45, 2.75) is 0 Å². The molecule has 2 aromatic carbocycles. The molecule has 0 spiro atoms. The zero-order valence-electron chi connectivity index (χ0n) is 14.5. The van der Waals surface area contributed by atoms with Gasteiger partial charge in [0.15, 0.2) is 4.32 Å². The minimum Gasteiger partial charge on any atom is -0.497 e. The van der Waals surface area contributed by atoms with Crippen molar-refractivity contribution in [3.05, 3.63) is 80.2 Å². The molecular weight excluding hydrogens is 420 g/mol. The normalized spacial score (nSPS) is 16.0. The highest BCUT2D eigenvalue weighted by molar-refractivity contribution is 8.27. The van der Waals surface area contributed by atoms with Crippen LogP contribution in [-0.4, -0.2) is 22.3 Å². The number of carbonyl (C=O) groups excluding carboxylic acids is 1. The summed E-state index contributed by atoms with van der Waals surface area (Å²) in [5.41, 5.74) is 1.31. The van der Waals surface area contributed by atoms with Crippen LogP contribution in [0.15, 0.2) is 64.5 Å². The molecule has 0 aliphatic carbocycles. The van der Waals surface area contributed by atoms with Crippen LogP contribution in [0.25, 0.3) is 6.08 Å². The first-order chi connectivity index (χ1) is 13.4. The second-order valence-electron chi connectivity index (χ2n) is 5.59. The highest BCUT2D eigenvalue weighted by Gasteiger charge is 2.33. The number of non-ortho nitro benzene ring substituents is 1. The third-order valence-electron chi connectivity index (χ3n) is 3.80. The molecule has 2 aromatic rings. The van der Waals surface area contributed by atoms with Gasteiger partial charge in [-0.15, -0.1) is 0 Å². The second-order valence-corrected chi connectivity index (χ2v) is 7.71. The minimum absolute atomic E-state index is 0.00589. The first-order valence-corrected chi connectivity index (χ1v) is 9.53. The van der Waals surface area contributed by atoms with Crippen molar-refractivity contribution in [3.8, 4) is 5.75 Å². The van der Waals surface area contributed by atoms with Gasteiger partial charge in [0.25, 0.3) is 11.6 Å². The number of carbonyl (C=O) groups is 1. The second kappa shape index (κ2) is 8.55. The number of anilines is 1. The molecular formula is C19H13ClN2O4S2. The first kappa shape index (κ1) is 20.1. The number of nitro groups is 1. The number of halogens is 1. The number of methoxy groups -OCH3 is 1. The maximum Gasteiger partial charge on any atom is 0.270 e. The largest absolute Gasteiger partial charge is 0.497 e. The molecule has 142 valence electrons. The van der Waals surface area contributed by atoms with Crippen LogP contribution in [-0.2, 0) is 4.79 Å². The van der Waals surface area contributed by atoms with Crippen molar-refractivity contribution in [3.63, 3.8) is 0 Å². The van der Waals surface area contributed by atoms with Gasteiger partial charge in [-0.25, -0.2) is 0 Å². The van der Waals surface area contributed by atoms with Gasteiger partial charge in [0.2, 0.25) is 0 Å². The summed E-state index contributed by atoms with van der Waals surface area (Å²) in [6.45, 7) is 0. The quantitative estimate of drug-likeness (QED) is 0.282. The van der Waals surface area contributed by atoms with Crippen LogP contribution in [0.3, 0.4) is 0 Å². The summed E-state index contributed by atoms with van der Waals surface area (Å²) in [6, 6.07) is 12.9. The summed E-state index contributed by atoms with van der Waals surface area (Å²) in [7, 11) is 1.57. The maximum atomic E-state index is 12.7. The molecule has 0 unspecified atom stereocenters. The number of amides is 1. The van der Waals surface area contributed by atoms with Gasteiger partial charge in [-0.2, -0.15) is 0 Å². The lowest BCUT2D eigenvalue weighted by atomic mass is 10.2. The van der Waals surface area contributed by atoms with E-state index in [0.29, 0.717) is 31.3 Å². The number of allylic oxidation sites excluding steroid dienone is 2. The van der Waals surface area contributed by atoms with Crippen molar-refractivity contribution in [2.24, 2.45) is 0 Å². The van der Waals surface area contributed by atoms with E-state index in [1.165, 1.54) is 23.1 Å². The Balaban J connectivity index is 1.80. The highest BCUT2D eigenvalue weighted by Crippen LogP contribution is 2.36. The van der Waals surface area contributed by atoms with Gasteiger partial charge >= 0.3 is 0 Å². The van der Waals surface area contributed by atoms with Gasteiger partial charge in [-0.05, 0) is 54.1 Å². The van der Waals surface area contributed by atoms with E-state index < -0.39 is 4.92 Å². The third-order valence-corrected chi connectivity index (χ3v) is 5.32. The average Bonchev–Trinajstić information content (AvgIpc) is 2.95. The van der Waals surface area contributed by atoms with E-state index in [9.17, 15) is 14.9 Å². The molecule has 3 rings (SSSR count). The van der Waals surface area contributed by atoms with Crippen molar-refractivity contribution >= 4 is 63.3 Å². The molecule has 1 amide bonds. The zero-order valence-corrected chi connectivity index (χ0v) is 16.9. The SMILES string of the molecule is COc1ccc(N2C(=O)/C(=C/C(Cl)=C/c3ccc([N+](=O)[O-])cc3)SC2=S)cc1. The van der Waals surface area contributed by atoms with E-state index in [-0.39, 0.29) is 11.6 Å². The molecule has 0 radical (unpaired) electrons. The van der Waals surface area contributed by atoms with Gasteiger partial charge in [-0.3, -0.25) is 19.8 Å². The number of benzene rings is 2. The van der Waals surface area contributed by atoms with E-state index in [4.69, 9.17) is 28.6 Å². The summed E-state index contributed by atoms with van der Waals surface area (Å²) in [5, 5.41) is 11.0. The number of thiocarbonyl (C=S) groups is 1. The highest BCUT2D eigenvalue weighted by atomic mass is 35.5. The number of thioether (sulfide) groups is 1. The minimum atomic E-state index is -0.473. The zero-order chi connectivity index (χ0) is 20.3. The van der Waals surface area contributed by atoms with Crippen LogP contribution in [0.1, 0.15) is 5.56 Å². The third kappa shape index (κ3) is 4.41. The Bertz CT molecular complexity index is 1000. The first-order valence-electron chi connectivity index (χ1n) is 7.92. The summed E-state index contributed by atoms with van der Waals surface area (Å²) >= 11 is 12.7. The summed E-state index contributed by atoms with van der Waals surface area (Å²) < 4.78 is 5.53. The lowest BCUT2D eigenvalue weighted by Crippen LogP contribution is -2.27. The fourth-order valence-corrected chi connectivity index (χ4v) is 4.03. The van der Waals surface area contributed by atoms with Gasteiger partial charge in [0, 0.05) is 17.2 Å². The Morgan fingerprint density at radius 3 is 2.43 bits per heavy atom. The number of ether oxygens (including phenoxy) is 1. The molecule has 9 heteroatoms. The van der Waals surface area contributed by atoms with E-state index in [0.717, 1.165) is 11.8 Å². The molecule has 1 saturated heterocycles. The number of nitrogens with zero attached hydrogens (tertiary/aromatic N) is 2. The van der Waals surface area contributed by atoms with E-state index in [2.05, 4.69) is 0 Å². The fraction of sp³-hybridized carbons (Fsp3) is 0.0526. The Hall–Kier alpha value is -2.68. The molecule has 0 N–H and O–H groups in total. The Morgan fingerprint density at radius 1 is 1.21 bits per heavy atom. The Kier molecular flexibility index (Phi) is 6.13.